The fourth-order valence-corrected chi connectivity index (χ4v) is 3.03. The molecule has 2 aromatic heterocycles. The van der Waals surface area contributed by atoms with E-state index in [4.69, 9.17) is 10.1 Å². The molecule has 8 nitrogen and oxygen atoms in total. The molecule has 0 atom stereocenters. The van der Waals surface area contributed by atoms with Crippen molar-refractivity contribution in [3.8, 4) is 0 Å². The van der Waals surface area contributed by atoms with Crippen LogP contribution in [0.1, 0.15) is 59.2 Å². The van der Waals surface area contributed by atoms with Gasteiger partial charge in [-0.25, -0.2) is 4.98 Å². The first-order chi connectivity index (χ1) is 14.2. The molecule has 0 radical (unpaired) electrons. The first-order valence-electron chi connectivity index (χ1n) is 9.79. The van der Waals surface area contributed by atoms with E-state index in [1.54, 1.807) is 13.0 Å². The zero-order chi connectivity index (χ0) is 22.4. The van der Waals surface area contributed by atoms with E-state index in [1.807, 2.05) is 33.8 Å². The van der Waals surface area contributed by atoms with Gasteiger partial charge in [0.1, 0.15) is 17.3 Å². The molecule has 0 aromatic carbocycles. The normalized spacial score (nSPS) is 10.6. The Balaban J connectivity index is 2.43. The summed E-state index contributed by atoms with van der Waals surface area (Å²) in [6, 6.07) is 3.44. The Hall–Kier alpha value is -3.42. The van der Waals surface area contributed by atoms with Gasteiger partial charge in [0, 0.05) is 35.6 Å². The Morgan fingerprint density at radius 3 is 2.63 bits per heavy atom. The van der Waals surface area contributed by atoms with Crippen molar-refractivity contribution in [1.82, 2.24) is 15.3 Å². The Bertz CT molecular complexity index is 1020. The molecule has 0 aliphatic rings. The minimum absolute atomic E-state index is 0.0384. The van der Waals surface area contributed by atoms with E-state index in [9.17, 15) is 9.59 Å². The van der Waals surface area contributed by atoms with Crippen LogP contribution in [0.25, 0.3) is 5.76 Å². The molecule has 0 unspecified atom stereocenters. The highest BCUT2D eigenvalue weighted by Crippen LogP contribution is 2.23. The van der Waals surface area contributed by atoms with Crippen LogP contribution in [0.5, 0.6) is 0 Å². The van der Waals surface area contributed by atoms with Crippen molar-refractivity contribution in [1.29, 1.82) is 5.41 Å². The summed E-state index contributed by atoms with van der Waals surface area (Å²) < 4.78 is 5.45. The molecule has 0 fully saturated rings. The molecular weight excluding hydrogens is 382 g/mol. The van der Waals surface area contributed by atoms with E-state index >= 15 is 0 Å². The second kappa shape index (κ2) is 9.87. The highest BCUT2D eigenvalue weighted by molar-refractivity contribution is 6.05. The van der Waals surface area contributed by atoms with Gasteiger partial charge >= 0.3 is 0 Å². The van der Waals surface area contributed by atoms with Crippen molar-refractivity contribution in [2.45, 2.75) is 47.2 Å². The summed E-state index contributed by atoms with van der Waals surface area (Å²) in [6.07, 6.45) is 1.09. The fourth-order valence-electron chi connectivity index (χ4n) is 3.03. The lowest BCUT2D eigenvalue weighted by Gasteiger charge is -2.17. The number of amides is 1. The van der Waals surface area contributed by atoms with Gasteiger partial charge in [-0.3, -0.25) is 9.59 Å². The van der Waals surface area contributed by atoms with Crippen LogP contribution in [0.4, 0.5) is 5.82 Å². The van der Waals surface area contributed by atoms with E-state index in [-0.39, 0.29) is 23.7 Å². The molecule has 160 valence electrons. The van der Waals surface area contributed by atoms with E-state index < -0.39 is 5.91 Å². The maximum Gasteiger partial charge on any atom is 0.253 e. The van der Waals surface area contributed by atoms with Crippen LogP contribution in [0.15, 0.2) is 23.5 Å². The van der Waals surface area contributed by atoms with Gasteiger partial charge in [-0.2, -0.15) is 0 Å². The molecule has 1 amide bonds. The number of aryl methyl sites for hydroxylation is 2. The van der Waals surface area contributed by atoms with Gasteiger partial charge in [0.25, 0.3) is 11.5 Å². The molecule has 0 spiro atoms. The number of carbonyl (C=O) groups excluding carboxylic acids is 1. The number of nitrogens with zero attached hydrogens (tertiary/aromatic N) is 1. The van der Waals surface area contributed by atoms with Gasteiger partial charge in [-0.1, -0.05) is 6.58 Å². The van der Waals surface area contributed by atoms with Crippen LogP contribution < -0.4 is 16.2 Å². The van der Waals surface area contributed by atoms with Crippen molar-refractivity contribution in [3.05, 3.63) is 62.7 Å². The van der Waals surface area contributed by atoms with Crippen molar-refractivity contribution >= 4 is 23.7 Å². The number of nitrogens with one attached hydrogen (secondary N) is 4. The second-order valence-corrected chi connectivity index (χ2v) is 7.24. The standard InChI is InChI=1S/C22H29N5O3/c1-7-30-15(6)19-9-16(17(10-23)20(27-19)25-12(2)3)21(28)24-11-18-13(4)8-14(5)26-22(18)29/h8-10,12,23H,6-7,11H2,1-5H3,(H,24,28)(H,25,27)(H,26,29). The van der Waals surface area contributed by atoms with Crippen molar-refractivity contribution in [2.24, 2.45) is 0 Å². The first-order valence-corrected chi connectivity index (χ1v) is 9.79. The molecule has 4 N–H and O–H groups in total. The van der Waals surface area contributed by atoms with Gasteiger partial charge in [-0.15, -0.1) is 0 Å². The molecule has 0 aliphatic heterocycles. The Kier molecular flexibility index (Phi) is 7.52. The lowest BCUT2D eigenvalue weighted by Crippen LogP contribution is -2.29. The van der Waals surface area contributed by atoms with Gasteiger partial charge in [-0.05, 0) is 52.3 Å². The predicted molar refractivity (Wildman–Crippen MR) is 119 cm³/mol. The number of aromatic amines is 1. The number of hydrogen-bond donors (Lipinski definition) is 4. The minimum atomic E-state index is -0.423. The van der Waals surface area contributed by atoms with Gasteiger partial charge in [0.05, 0.1) is 12.2 Å². The first kappa shape index (κ1) is 22.9. The van der Waals surface area contributed by atoms with Gasteiger partial charge in [0.2, 0.25) is 0 Å². The van der Waals surface area contributed by atoms with Crippen LogP contribution >= 0.6 is 0 Å². The number of carbonyl (C=O) groups is 1. The zero-order valence-corrected chi connectivity index (χ0v) is 18.1. The third-order valence-electron chi connectivity index (χ3n) is 4.40. The maximum atomic E-state index is 13.0. The summed E-state index contributed by atoms with van der Waals surface area (Å²) in [5, 5.41) is 13.8. The number of anilines is 1. The molecule has 2 rings (SSSR count). The van der Waals surface area contributed by atoms with E-state index in [1.165, 1.54) is 0 Å². The summed E-state index contributed by atoms with van der Waals surface area (Å²) in [4.78, 5) is 32.5. The second-order valence-electron chi connectivity index (χ2n) is 7.24. The molecule has 0 aliphatic carbocycles. The molecule has 0 saturated heterocycles. The summed E-state index contributed by atoms with van der Waals surface area (Å²) in [7, 11) is 0. The van der Waals surface area contributed by atoms with Crippen LogP contribution in [0, 0.1) is 19.3 Å². The van der Waals surface area contributed by atoms with Gasteiger partial charge in [0.15, 0.2) is 0 Å². The topological polar surface area (TPSA) is 120 Å². The van der Waals surface area contributed by atoms with Crippen LogP contribution in [0.2, 0.25) is 0 Å². The third kappa shape index (κ3) is 5.34. The Labute approximate surface area is 176 Å². The Morgan fingerprint density at radius 2 is 2.07 bits per heavy atom. The summed E-state index contributed by atoms with van der Waals surface area (Å²) in [6.45, 7) is 13.7. The minimum Gasteiger partial charge on any atom is -0.492 e. The maximum absolute atomic E-state index is 13.0. The average molecular weight is 412 g/mol. The number of H-pyrrole nitrogens is 1. The molecule has 2 aromatic rings. The third-order valence-corrected chi connectivity index (χ3v) is 4.40. The molecule has 8 heteroatoms. The molecule has 0 saturated carbocycles. The summed E-state index contributed by atoms with van der Waals surface area (Å²) in [5.74, 6) is 0.307. The fraction of sp³-hybridized carbons (Fsp3) is 0.364. The monoisotopic (exact) mass is 411 g/mol. The average Bonchev–Trinajstić information content (AvgIpc) is 2.66. The molecule has 0 bridgehead atoms. The summed E-state index contributed by atoms with van der Waals surface area (Å²) in [5.41, 5.74) is 2.81. The Morgan fingerprint density at radius 1 is 1.37 bits per heavy atom. The molecular formula is C22H29N5O3. The largest absolute Gasteiger partial charge is 0.492 e. The summed E-state index contributed by atoms with van der Waals surface area (Å²) >= 11 is 0. The van der Waals surface area contributed by atoms with E-state index in [2.05, 4.69) is 27.2 Å². The van der Waals surface area contributed by atoms with Crippen molar-refractivity contribution in [3.63, 3.8) is 0 Å². The van der Waals surface area contributed by atoms with E-state index in [0.717, 1.165) is 17.5 Å². The van der Waals surface area contributed by atoms with E-state index in [0.29, 0.717) is 35.0 Å². The quantitative estimate of drug-likeness (QED) is 0.373. The van der Waals surface area contributed by atoms with Crippen molar-refractivity contribution in [2.75, 3.05) is 11.9 Å². The van der Waals surface area contributed by atoms with Crippen molar-refractivity contribution < 1.29 is 9.53 Å². The smallest absolute Gasteiger partial charge is 0.253 e. The number of pyridine rings is 2. The van der Waals surface area contributed by atoms with Gasteiger partial charge < -0.3 is 25.8 Å². The lowest BCUT2D eigenvalue weighted by molar-refractivity contribution is 0.0950. The molecule has 2 heterocycles. The lowest BCUT2D eigenvalue weighted by atomic mass is 10.1. The highest BCUT2D eigenvalue weighted by atomic mass is 16.5. The number of hydrogen-bond acceptors (Lipinski definition) is 6. The number of ether oxygens (including phenoxy) is 1. The highest BCUT2D eigenvalue weighted by Gasteiger charge is 2.19. The van der Waals surface area contributed by atoms with Crippen LogP contribution in [-0.2, 0) is 11.3 Å². The van der Waals surface area contributed by atoms with Crippen LogP contribution in [-0.4, -0.2) is 34.7 Å². The zero-order valence-electron chi connectivity index (χ0n) is 18.1. The van der Waals surface area contributed by atoms with Crippen LogP contribution in [0.3, 0.4) is 0 Å². The SMILES string of the molecule is C=C(OCC)c1cc(C(=O)NCc2c(C)cc(C)[nH]c2=O)c(C=N)c(NC(C)C)n1. The number of rotatable bonds is 9. The molecule has 30 heavy (non-hydrogen) atoms. The predicted octanol–water partition coefficient (Wildman–Crippen LogP) is 3.14. The number of aromatic nitrogens is 2.